The van der Waals surface area contributed by atoms with Gasteiger partial charge in [-0.1, -0.05) is 35.5 Å². The summed E-state index contributed by atoms with van der Waals surface area (Å²) in [6.07, 6.45) is 5.60. The van der Waals surface area contributed by atoms with Gasteiger partial charge in [-0.15, -0.1) is 0 Å². The van der Waals surface area contributed by atoms with Crippen molar-refractivity contribution >= 4 is 0 Å². The molecule has 0 aliphatic carbocycles. The number of aromatic nitrogens is 1. The number of ether oxygens (including phenoxy) is 1. The predicted molar refractivity (Wildman–Crippen MR) is 99.6 cm³/mol. The molecule has 4 heteroatoms. The van der Waals surface area contributed by atoms with Gasteiger partial charge >= 0.3 is 0 Å². The lowest BCUT2D eigenvalue weighted by Crippen LogP contribution is -2.28. The molecule has 0 bridgehead atoms. The van der Waals surface area contributed by atoms with E-state index < -0.39 is 0 Å². The number of rotatable bonds is 7. The maximum Gasteiger partial charge on any atom is 0.153 e. The molecule has 0 saturated carbocycles. The number of hydrogen-bond acceptors (Lipinski definition) is 4. The lowest BCUT2D eigenvalue weighted by molar-refractivity contribution is -0.0512. The molecule has 4 nitrogen and oxygen atoms in total. The van der Waals surface area contributed by atoms with E-state index in [-0.39, 0.29) is 17.7 Å². The molecule has 1 aliphatic heterocycles. The minimum atomic E-state index is -0.105. The van der Waals surface area contributed by atoms with Gasteiger partial charge in [0.15, 0.2) is 5.76 Å². The summed E-state index contributed by atoms with van der Waals surface area (Å²) in [6, 6.07) is 13.0. The van der Waals surface area contributed by atoms with Crippen LogP contribution in [-0.4, -0.2) is 23.4 Å². The summed E-state index contributed by atoms with van der Waals surface area (Å²) in [6.45, 7) is 7.17. The number of benzene rings is 1. The van der Waals surface area contributed by atoms with Crippen molar-refractivity contribution in [1.29, 1.82) is 0 Å². The molecule has 3 rings (SSSR count). The number of nitrogens with zero attached hydrogens (tertiary/aromatic N) is 1. The largest absolute Gasteiger partial charge is 0.371 e. The summed E-state index contributed by atoms with van der Waals surface area (Å²) in [4.78, 5) is 0. The van der Waals surface area contributed by atoms with E-state index in [1.54, 1.807) is 0 Å². The fourth-order valence-corrected chi connectivity index (χ4v) is 3.40. The third-order valence-corrected chi connectivity index (χ3v) is 4.52. The average Bonchev–Trinajstić information content (AvgIpc) is 3.20. The fourth-order valence-electron chi connectivity index (χ4n) is 3.40. The Kier molecular flexibility index (Phi) is 5.92. The minimum absolute atomic E-state index is 0.105. The Morgan fingerprint density at radius 3 is 2.68 bits per heavy atom. The second kappa shape index (κ2) is 8.15. The average molecular weight is 342 g/mol. The molecule has 1 saturated heterocycles. The summed E-state index contributed by atoms with van der Waals surface area (Å²) in [5.41, 5.74) is 2.36. The Bertz CT molecular complexity index is 645. The van der Waals surface area contributed by atoms with Crippen molar-refractivity contribution < 1.29 is 9.26 Å². The highest BCUT2D eigenvalue weighted by Gasteiger charge is 2.31. The quantitative estimate of drug-likeness (QED) is 0.755. The fraction of sp³-hybridized carbons (Fsp3) is 0.571. The van der Waals surface area contributed by atoms with Crippen molar-refractivity contribution in [2.45, 2.75) is 70.6 Å². The highest BCUT2D eigenvalue weighted by molar-refractivity contribution is 5.15. The van der Waals surface area contributed by atoms with E-state index in [4.69, 9.17) is 9.26 Å². The van der Waals surface area contributed by atoms with E-state index in [0.29, 0.717) is 0 Å². The van der Waals surface area contributed by atoms with Crippen LogP contribution in [0.25, 0.3) is 0 Å². The second-order valence-corrected chi connectivity index (χ2v) is 7.96. The number of nitrogens with one attached hydrogen (secondary N) is 1. The normalized spacial score (nSPS) is 20.9. The standard InChI is InChI=1S/C21H30N2O2/c1-21(2,3)24-18-14-19(22-15-18)20-13-17(23-25-20)12-8-7-11-16-9-5-4-6-10-16/h4-6,9-10,13,18-19,22H,7-8,11-12,14-15H2,1-3H3/t18-,19+/m1/s1. The first kappa shape index (κ1) is 18.2. The topological polar surface area (TPSA) is 47.3 Å². The molecular formula is C21H30N2O2. The van der Waals surface area contributed by atoms with Gasteiger partial charge in [0.05, 0.1) is 23.4 Å². The molecule has 1 aromatic heterocycles. The molecule has 0 amide bonds. The van der Waals surface area contributed by atoms with Crippen LogP contribution < -0.4 is 5.32 Å². The highest BCUT2D eigenvalue weighted by atomic mass is 16.5. The van der Waals surface area contributed by atoms with Crippen LogP contribution in [0.5, 0.6) is 0 Å². The van der Waals surface area contributed by atoms with Gasteiger partial charge in [0, 0.05) is 12.6 Å². The summed E-state index contributed by atoms with van der Waals surface area (Å²) in [7, 11) is 0. The van der Waals surface area contributed by atoms with Crippen LogP contribution in [0.2, 0.25) is 0 Å². The monoisotopic (exact) mass is 342 g/mol. The van der Waals surface area contributed by atoms with Crippen molar-refractivity contribution in [3.8, 4) is 0 Å². The Morgan fingerprint density at radius 2 is 1.92 bits per heavy atom. The van der Waals surface area contributed by atoms with Gasteiger partial charge in [-0.25, -0.2) is 0 Å². The summed E-state index contributed by atoms with van der Waals surface area (Å²) in [5, 5.41) is 7.74. The van der Waals surface area contributed by atoms with Crippen molar-refractivity contribution in [1.82, 2.24) is 10.5 Å². The van der Waals surface area contributed by atoms with Crippen molar-refractivity contribution in [2.24, 2.45) is 0 Å². The minimum Gasteiger partial charge on any atom is -0.371 e. The Balaban J connectivity index is 1.42. The summed E-state index contributed by atoms with van der Waals surface area (Å²) >= 11 is 0. The van der Waals surface area contributed by atoms with Gasteiger partial charge in [-0.2, -0.15) is 0 Å². The van der Waals surface area contributed by atoms with Gasteiger partial charge in [-0.3, -0.25) is 0 Å². The van der Waals surface area contributed by atoms with E-state index in [2.05, 4.69) is 67.6 Å². The van der Waals surface area contributed by atoms with E-state index in [9.17, 15) is 0 Å². The zero-order valence-electron chi connectivity index (χ0n) is 15.6. The van der Waals surface area contributed by atoms with Crippen molar-refractivity contribution in [3.05, 3.63) is 53.4 Å². The van der Waals surface area contributed by atoms with Crippen molar-refractivity contribution in [3.63, 3.8) is 0 Å². The third-order valence-electron chi connectivity index (χ3n) is 4.52. The van der Waals surface area contributed by atoms with Gasteiger partial charge in [-0.05, 0) is 58.4 Å². The number of aryl methyl sites for hydroxylation is 2. The molecule has 2 aromatic rings. The van der Waals surface area contributed by atoms with Crippen LogP contribution in [0, 0.1) is 0 Å². The van der Waals surface area contributed by atoms with Crippen LogP contribution in [0.1, 0.15) is 63.1 Å². The van der Waals surface area contributed by atoms with Gasteiger partial charge in [0.1, 0.15) is 0 Å². The molecule has 2 atom stereocenters. The molecule has 136 valence electrons. The van der Waals surface area contributed by atoms with Crippen LogP contribution >= 0.6 is 0 Å². The number of hydrogen-bond donors (Lipinski definition) is 1. The first-order valence-electron chi connectivity index (χ1n) is 9.40. The zero-order valence-corrected chi connectivity index (χ0v) is 15.6. The van der Waals surface area contributed by atoms with Crippen LogP contribution in [0.15, 0.2) is 40.9 Å². The maximum absolute atomic E-state index is 6.05. The number of unbranched alkanes of at least 4 members (excludes halogenated alkanes) is 1. The molecule has 1 fully saturated rings. The molecule has 25 heavy (non-hydrogen) atoms. The first-order chi connectivity index (χ1) is 12.0. The summed E-state index contributed by atoms with van der Waals surface area (Å²) < 4.78 is 11.6. The smallest absolute Gasteiger partial charge is 0.153 e. The SMILES string of the molecule is CC(C)(C)O[C@H]1CN[C@H](c2cc(CCCCc3ccccc3)no2)C1. The molecule has 0 unspecified atom stereocenters. The molecule has 0 spiro atoms. The maximum atomic E-state index is 6.05. The van der Waals surface area contributed by atoms with Crippen LogP contribution in [0.4, 0.5) is 0 Å². The second-order valence-electron chi connectivity index (χ2n) is 7.96. The Morgan fingerprint density at radius 1 is 1.16 bits per heavy atom. The molecule has 1 aliphatic rings. The molecule has 1 aromatic carbocycles. The van der Waals surface area contributed by atoms with Crippen LogP contribution in [0.3, 0.4) is 0 Å². The van der Waals surface area contributed by atoms with Gasteiger partial charge in [0.2, 0.25) is 0 Å². The van der Waals surface area contributed by atoms with Gasteiger partial charge in [0.25, 0.3) is 0 Å². The molecule has 2 heterocycles. The van der Waals surface area contributed by atoms with Gasteiger partial charge < -0.3 is 14.6 Å². The van der Waals surface area contributed by atoms with E-state index in [0.717, 1.165) is 43.7 Å². The van der Waals surface area contributed by atoms with E-state index >= 15 is 0 Å². The first-order valence-corrected chi connectivity index (χ1v) is 9.40. The Hall–Kier alpha value is -1.65. The Labute approximate surface area is 150 Å². The van der Waals surface area contributed by atoms with Crippen molar-refractivity contribution in [2.75, 3.05) is 6.54 Å². The third kappa shape index (κ3) is 5.68. The zero-order chi connectivity index (χ0) is 17.7. The lowest BCUT2D eigenvalue weighted by Gasteiger charge is -2.24. The summed E-state index contributed by atoms with van der Waals surface area (Å²) in [5.74, 6) is 0.943. The van der Waals surface area contributed by atoms with E-state index in [1.807, 2.05) is 0 Å². The lowest BCUT2D eigenvalue weighted by atomic mass is 10.1. The molecule has 1 N–H and O–H groups in total. The molecule has 0 radical (unpaired) electrons. The van der Waals surface area contributed by atoms with E-state index in [1.165, 1.54) is 12.0 Å². The predicted octanol–water partition coefficient (Wildman–Crippen LogP) is 4.46. The molecular weight excluding hydrogens is 312 g/mol. The van der Waals surface area contributed by atoms with Crippen LogP contribution in [-0.2, 0) is 17.6 Å². The highest BCUT2D eigenvalue weighted by Crippen LogP contribution is 2.28.